The van der Waals surface area contributed by atoms with Crippen molar-refractivity contribution in [3.8, 4) is 0 Å². The van der Waals surface area contributed by atoms with Crippen LogP contribution in [0.1, 0.15) is 71.1 Å². The van der Waals surface area contributed by atoms with Crippen LogP contribution in [-0.4, -0.2) is 58.3 Å². The lowest BCUT2D eigenvalue weighted by atomic mass is 9.99. The number of nitrogens with zero attached hydrogens (tertiary/aromatic N) is 5. The second-order valence-electron chi connectivity index (χ2n) is 9.23. The van der Waals surface area contributed by atoms with E-state index in [4.69, 9.17) is 9.97 Å². The van der Waals surface area contributed by atoms with Crippen LogP contribution < -0.4 is 4.90 Å². The van der Waals surface area contributed by atoms with E-state index in [1.807, 2.05) is 29.2 Å². The molecule has 0 spiro atoms. The standard InChI is InChI=1S/C25H31N5O2/c1-17-19-10-7-13-28(2)24(19)27-23(26-17)21-11-5-6-14-30(21)22(31)12-15-29-16-18-8-3-4-9-20(18)25(29)32/h3-4,8-9,21H,5-7,10-16H2,1-2H3. The molecule has 168 valence electrons. The third-order valence-corrected chi connectivity index (χ3v) is 7.10. The molecular weight excluding hydrogens is 402 g/mol. The second-order valence-corrected chi connectivity index (χ2v) is 9.23. The van der Waals surface area contributed by atoms with Crippen molar-refractivity contribution in [1.82, 2.24) is 19.8 Å². The Hall–Kier alpha value is -2.96. The highest BCUT2D eigenvalue weighted by atomic mass is 16.2. The minimum atomic E-state index is -0.0814. The molecule has 2 aromatic rings. The van der Waals surface area contributed by atoms with Crippen molar-refractivity contribution in [3.05, 3.63) is 52.5 Å². The van der Waals surface area contributed by atoms with Crippen LogP contribution in [0.15, 0.2) is 24.3 Å². The number of carbonyl (C=O) groups excluding carboxylic acids is 2. The monoisotopic (exact) mass is 433 g/mol. The van der Waals surface area contributed by atoms with Gasteiger partial charge in [0.25, 0.3) is 5.91 Å². The molecule has 1 aromatic heterocycles. The number of piperidine rings is 1. The van der Waals surface area contributed by atoms with E-state index >= 15 is 0 Å². The maximum absolute atomic E-state index is 13.3. The number of hydrogen-bond donors (Lipinski definition) is 0. The van der Waals surface area contributed by atoms with Gasteiger partial charge in [-0.2, -0.15) is 0 Å². The molecule has 1 fully saturated rings. The first-order valence-corrected chi connectivity index (χ1v) is 11.8. The lowest BCUT2D eigenvalue weighted by Gasteiger charge is -2.36. The van der Waals surface area contributed by atoms with Crippen LogP contribution in [0.4, 0.5) is 5.82 Å². The first kappa shape index (κ1) is 20.9. The minimum Gasteiger partial charge on any atom is -0.359 e. The zero-order valence-corrected chi connectivity index (χ0v) is 19.0. The quantitative estimate of drug-likeness (QED) is 0.740. The number of amides is 2. The van der Waals surface area contributed by atoms with Gasteiger partial charge in [0.05, 0.1) is 6.04 Å². The van der Waals surface area contributed by atoms with Gasteiger partial charge in [0, 0.05) is 56.5 Å². The van der Waals surface area contributed by atoms with E-state index in [1.165, 1.54) is 5.56 Å². The molecule has 0 N–H and O–H groups in total. The predicted octanol–water partition coefficient (Wildman–Crippen LogP) is 3.27. The smallest absolute Gasteiger partial charge is 0.254 e. The van der Waals surface area contributed by atoms with E-state index in [0.717, 1.165) is 73.7 Å². The summed E-state index contributed by atoms with van der Waals surface area (Å²) in [6.07, 6.45) is 5.44. The SMILES string of the molecule is Cc1nc(C2CCCCN2C(=O)CCN2Cc3ccccc3C2=O)nc2c1CCCN2C. The van der Waals surface area contributed by atoms with Crippen LogP contribution in [0.5, 0.6) is 0 Å². The lowest BCUT2D eigenvalue weighted by Crippen LogP contribution is -2.41. The van der Waals surface area contributed by atoms with Gasteiger partial charge < -0.3 is 14.7 Å². The van der Waals surface area contributed by atoms with Gasteiger partial charge in [-0.1, -0.05) is 18.2 Å². The fourth-order valence-electron chi connectivity index (χ4n) is 5.33. The number of rotatable bonds is 4. The zero-order valence-electron chi connectivity index (χ0n) is 19.0. The molecular formula is C25H31N5O2. The van der Waals surface area contributed by atoms with Gasteiger partial charge >= 0.3 is 0 Å². The van der Waals surface area contributed by atoms with Crippen molar-refractivity contribution >= 4 is 17.6 Å². The highest BCUT2D eigenvalue weighted by molar-refractivity contribution is 5.98. The summed E-state index contributed by atoms with van der Waals surface area (Å²) < 4.78 is 0. The molecule has 1 unspecified atom stereocenters. The molecule has 0 aliphatic carbocycles. The number of carbonyl (C=O) groups is 2. The summed E-state index contributed by atoms with van der Waals surface area (Å²) in [4.78, 5) is 41.7. The number of aryl methyl sites for hydroxylation is 1. The molecule has 0 bridgehead atoms. The first-order valence-electron chi connectivity index (χ1n) is 11.8. The van der Waals surface area contributed by atoms with Crippen LogP contribution >= 0.6 is 0 Å². The second kappa shape index (κ2) is 8.52. The third-order valence-electron chi connectivity index (χ3n) is 7.10. The molecule has 1 aromatic carbocycles. The maximum Gasteiger partial charge on any atom is 0.254 e. The van der Waals surface area contributed by atoms with Gasteiger partial charge in [-0.15, -0.1) is 0 Å². The molecule has 2 amide bonds. The Morgan fingerprint density at radius 3 is 2.81 bits per heavy atom. The van der Waals surface area contributed by atoms with E-state index in [2.05, 4.69) is 18.9 Å². The van der Waals surface area contributed by atoms with Gasteiger partial charge in [0.2, 0.25) is 5.91 Å². The number of anilines is 1. The van der Waals surface area contributed by atoms with E-state index in [0.29, 0.717) is 19.5 Å². The molecule has 0 radical (unpaired) electrons. The number of aromatic nitrogens is 2. The van der Waals surface area contributed by atoms with E-state index < -0.39 is 0 Å². The molecule has 7 nitrogen and oxygen atoms in total. The van der Waals surface area contributed by atoms with Gasteiger partial charge in [0.15, 0.2) is 5.82 Å². The van der Waals surface area contributed by atoms with Crippen LogP contribution in [0, 0.1) is 6.92 Å². The van der Waals surface area contributed by atoms with Crippen LogP contribution in [-0.2, 0) is 17.8 Å². The molecule has 5 rings (SSSR count). The predicted molar refractivity (Wildman–Crippen MR) is 122 cm³/mol. The van der Waals surface area contributed by atoms with E-state index in [9.17, 15) is 9.59 Å². The van der Waals surface area contributed by atoms with Gasteiger partial charge in [0.1, 0.15) is 5.82 Å². The highest BCUT2D eigenvalue weighted by Gasteiger charge is 2.33. The summed E-state index contributed by atoms with van der Waals surface area (Å²) >= 11 is 0. The van der Waals surface area contributed by atoms with Crippen LogP contribution in [0.2, 0.25) is 0 Å². The van der Waals surface area contributed by atoms with Crippen LogP contribution in [0.3, 0.4) is 0 Å². The lowest BCUT2D eigenvalue weighted by molar-refractivity contribution is -0.135. The molecule has 32 heavy (non-hydrogen) atoms. The molecule has 1 saturated heterocycles. The number of hydrogen-bond acceptors (Lipinski definition) is 5. The number of benzene rings is 1. The fourth-order valence-corrected chi connectivity index (χ4v) is 5.33. The normalized spacial score (nSPS) is 20.4. The van der Waals surface area contributed by atoms with Crippen molar-refractivity contribution in [2.24, 2.45) is 0 Å². The first-order chi connectivity index (χ1) is 15.5. The van der Waals surface area contributed by atoms with Gasteiger partial charge in [-0.25, -0.2) is 9.97 Å². The molecule has 4 heterocycles. The Bertz CT molecular complexity index is 1050. The van der Waals surface area contributed by atoms with Crippen molar-refractivity contribution in [3.63, 3.8) is 0 Å². The molecule has 7 heteroatoms. The van der Waals surface area contributed by atoms with Crippen molar-refractivity contribution in [2.75, 3.05) is 31.6 Å². The van der Waals surface area contributed by atoms with Gasteiger partial charge in [-0.3, -0.25) is 9.59 Å². The average molecular weight is 434 g/mol. The molecule has 0 saturated carbocycles. The summed E-state index contributed by atoms with van der Waals surface area (Å²) in [5, 5.41) is 0. The fraction of sp³-hybridized carbons (Fsp3) is 0.520. The summed E-state index contributed by atoms with van der Waals surface area (Å²) in [5.74, 6) is 1.91. The Morgan fingerprint density at radius 2 is 1.97 bits per heavy atom. The highest BCUT2D eigenvalue weighted by Crippen LogP contribution is 2.33. The summed E-state index contributed by atoms with van der Waals surface area (Å²) in [7, 11) is 2.09. The number of fused-ring (bicyclic) bond motifs is 2. The zero-order chi connectivity index (χ0) is 22.2. The van der Waals surface area contributed by atoms with E-state index in [-0.39, 0.29) is 17.9 Å². The molecule has 1 atom stereocenters. The third kappa shape index (κ3) is 3.74. The topological polar surface area (TPSA) is 69.6 Å². The summed E-state index contributed by atoms with van der Waals surface area (Å²) in [5.41, 5.74) is 4.08. The van der Waals surface area contributed by atoms with Crippen molar-refractivity contribution in [2.45, 2.75) is 58.0 Å². The minimum absolute atomic E-state index is 0.0280. The Balaban J connectivity index is 1.31. The summed E-state index contributed by atoms with van der Waals surface area (Å²) in [6.45, 7) is 4.83. The molecule has 3 aliphatic heterocycles. The van der Waals surface area contributed by atoms with Crippen LogP contribution in [0.25, 0.3) is 0 Å². The summed E-state index contributed by atoms with van der Waals surface area (Å²) in [6, 6.07) is 7.62. The Labute approximate surface area is 189 Å². The average Bonchev–Trinajstić information content (AvgIpc) is 3.14. The number of likely N-dealkylation sites (tertiary alicyclic amines) is 1. The van der Waals surface area contributed by atoms with E-state index in [1.54, 1.807) is 4.90 Å². The van der Waals surface area contributed by atoms with Gasteiger partial charge in [-0.05, 0) is 50.7 Å². The molecule has 3 aliphatic rings. The Morgan fingerprint density at radius 1 is 1.12 bits per heavy atom. The van der Waals surface area contributed by atoms with Crippen molar-refractivity contribution < 1.29 is 9.59 Å². The maximum atomic E-state index is 13.3. The Kier molecular flexibility index (Phi) is 5.57. The van der Waals surface area contributed by atoms with Crippen molar-refractivity contribution in [1.29, 1.82) is 0 Å². The largest absolute Gasteiger partial charge is 0.359 e.